The fraction of sp³-hybridized carbons (Fsp3) is 0.462. The number of nitrogens with two attached hydrogens (primary N) is 1. The third-order valence-corrected chi connectivity index (χ3v) is 3.36. The Morgan fingerprint density at radius 3 is 2.59 bits per heavy atom. The van der Waals surface area contributed by atoms with E-state index < -0.39 is 0 Å². The normalized spacial score (nSPS) is 12.5. The highest BCUT2D eigenvalue weighted by molar-refractivity contribution is 7.80. The highest BCUT2D eigenvalue weighted by Crippen LogP contribution is 2.26. The Bertz CT molecular complexity index is 404. The lowest BCUT2D eigenvalue weighted by Crippen LogP contribution is -2.26. The maximum atomic E-state index is 6.12. The number of rotatable bonds is 5. The van der Waals surface area contributed by atoms with Crippen molar-refractivity contribution in [2.75, 3.05) is 5.32 Å². The van der Waals surface area contributed by atoms with E-state index in [1.165, 1.54) is 0 Å². The van der Waals surface area contributed by atoms with E-state index >= 15 is 0 Å². The van der Waals surface area contributed by atoms with E-state index in [0.717, 1.165) is 17.7 Å². The van der Waals surface area contributed by atoms with Crippen LogP contribution in [0.2, 0.25) is 5.02 Å². The summed E-state index contributed by atoms with van der Waals surface area (Å²) in [6.07, 6.45) is 1.04. The van der Waals surface area contributed by atoms with Crippen LogP contribution in [0, 0.1) is 5.92 Å². The van der Waals surface area contributed by atoms with Gasteiger partial charge >= 0.3 is 0 Å². The lowest BCUT2D eigenvalue weighted by Gasteiger charge is -2.23. The molecule has 0 heterocycles. The average Bonchev–Trinajstić information content (AvgIpc) is 2.24. The maximum absolute atomic E-state index is 6.12. The first-order valence-electron chi connectivity index (χ1n) is 5.82. The van der Waals surface area contributed by atoms with E-state index in [1.54, 1.807) is 6.07 Å². The van der Waals surface area contributed by atoms with Crippen LogP contribution in [0.25, 0.3) is 0 Å². The minimum atomic E-state index is 0.330. The van der Waals surface area contributed by atoms with Gasteiger partial charge in [0.05, 0.1) is 10.6 Å². The van der Waals surface area contributed by atoms with Gasteiger partial charge in [-0.3, -0.25) is 0 Å². The Kier molecular flexibility index (Phi) is 5.22. The molecule has 1 atom stereocenters. The minimum Gasteiger partial charge on any atom is -0.389 e. The number of thiocarbonyl (C=S) groups is 1. The van der Waals surface area contributed by atoms with Gasteiger partial charge in [-0.15, -0.1) is 0 Å². The number of nitrogens with one attached hydrogen (secondary N) is 1. The summed E-state index contributed by atoms with van der Waals surface area (Å²) in [5, 5.41) is 4.07. The predicted octanol–water partition coefficient (Wildman–Crippen LogP) is 3.82. The van der Waals surface area contributed by atoms with Crippen molar-refractivity contribution < 1.29 is 0 Å². The summed E-state index contributed by atoms with van der Waals surface area (Å²) in [5.41, 5.74) is 7.38. The van der Waals surface area contributed by atoms with Crippen LogP contribution in [-0.2, 0) is 0 Å². The first-order valence-corrected chi connectivity index (χ1v) is 6.60. The molecule has 17 heavy (non-hydrogen) atoms. The Morgan fingerprint density at radius 1 is 1.47 bits per heavy atom. The summed E-state index contributed by atoms with van der Waals surface area (Å²) in [5.74, 6) is 0.540. The van der Waals surface area contributed by atoms with Crippen molar-refractivity contribution in [2.24, 2.45) is 11.7 Å². The summed E-state index contributed by atoms with van der Waals surface area (Å²) in [6, 6.07) is 6.06. The van der Waals surface area contributed by atoms with E-state index in [-0.39, 0.29) is 0 Å². The van der Waals surface area contributed by atoms with Crippen molar-refractivity contribution in [3.63, 3.8) is 0 Å². The van der Waals surface area contributed by atoms with E-state index in [0.29, 0.717) is 22.0 Å². The SMILES string of the molecule is CCC(Nc1cccc(Cl)c1C(N)=S)C(C)C. The van der Waals surface area contributed by atoms with Crippen molar-refractivity contribution >= 4 is 34.5 Å². The molecule has 0 fully saturated rings. The molecule has 0 aliphatic heterocycles. The van der Waals surface area contributed by atoms with Crippen molar-refractivity contribution in [1.29, 1.82) is 0 Å². The topological polar surface area (TPSA) is 38.0 Å². The van der Waals surface area contributed by atoms with Gasteiger partial charge in [-0.25, -0.2) is 0 Å². The molecule has 0 aromatic heterocycles. The molecular weight excluding hydrogens is 252 g/mol. The second kappa shape index (κ2) is 6.22. The lowest BCUT2D eigenvalue weighted by molar-refractivity contribution is 0.511. The van der Waals surface area contributed by atoms with Gasteiger partial charge in [0.1, 0.15) is 4.99 Å². The molecule has 94 valence electrons. The Hall–Kier alpha value is -0.800. The standard InChI is InChI=1S/C13H19ClN2S/c1-4-10(8(2)3)16-11-7-5-6-9(14)12(11)13(15)17/h5-8,10,16H,4H2,1-3H3,(H2,15,17). The van der Waals surface area contributed by atoms with Crippen LogP contribution in [0.3, 0.4) is 0 Å². The third kappa shape index (κ3) is 3.58. The van der Waals surface area contributed by atoms with Crippen molar-refractivity contribution in [3.8, 4) is 0 Å². The summed E-state index contributed by atoms with van der Waals surface area (Å²) in [7, 11) is 0. The summed E-state index contributed by atoms with van der Waals surface area (Å²) in [4.78, 5) is 0.330. The zero-order valence-corrected chi connectivity index (χ0v) is 12.0. The molecular formula is C13H19ClN2S. The van der Waals surface area contributed by atoms with Gasteiger partial charge in [0.2, 0.25) is 0 Å². The molecule has 0 saturated carbocycles. The van der Waals surface area contributed by atoms with Gasteiger partial charge < -0.3 is 11.1 Å². The molecule has 0 radical (unpaired) electrons. The van der Waals surface area contributed by atoms with Crippen molar-refractivity contribution in [1.82, 2.24) is 0 Å². The molecule has 0 amide bonds. The smallest absolute Gasteiger partial charge is 0.107 e. The number of anilines is 1. The number of benzene rings is 1. The molecule has 0 aliphatic carbocycles. The van der Waals surface area contributed by atoms with E-state index in [4.69, 9.17) is 29.6 Å². The Morgan fingerprint density at radius 2 is 2.12 bits per heavy atom. The van der Waals surface area contributed by atoms with E-state index in [9.17, 15) is 0 Å². The van der Waals surface area contributed by atoms with Crippen LogP contribution in [0.5, 0.6) is 0 Å². The largest absolute Gasteiger partial charge is 0.389 e. The monoisotopic (exact) mass is 270 g/mol. The van der Waals surface area contributed by atoms with Gasteiger partial charge in [-0.1, -0.05) is 50.7 Å². The zero-order chi connectivity index (χ0) is 13.0. The molecule has 0 spiro atoms. The first kappa shape index (κ1) is 14.3. The fourth-order valence-corrected chi connectivity index (χ4v) is 2.39. The van der Waals surface area contributed by atoms with Crippen LogP contribution in [-0.4, -0.2) is 11.0 Å². The van der Waals surface area contributed by atoms with Gasteiger partial charge in [-0.05, 0) is 24.5 Å². The van der Waals surface area contributed by atoms with Crippen molar-refractivity contribution in [3.05, 3.63) is 28.8 Å². The molecule has 1 aromatic carbocycles. The Labute approximate surface area is 114 Å². The van der Waals surface area contributed by atoms with Gasteiger partial charge in [0.25, 0.3) is 0 Å². The Balaban J connectivity index is 3.05. The molecule has 2 nitrogen and oxygen atoms in total. The molecule has 1 rings (SSSR count). The summed E-state index contributed by atoms with van der Waals surface area (Å²) >= 11 is 11.2. The summed E-state index contributed by atoms with van der Waals surface area (Å²) in [6.45, 7) is 6.53. The van der Waals surface area contributed by atoms with Crippen LogP contribution in [0.4, 0.5) is 5.69 Å². The molecule has 0 saturated heterocycles. The number of hydrogen-bond donors (Lipinski definition) is 2. The first-order chi connectivity index (χ1) is 7.97. The second-order valence-electron chi connectivity index (χ2n) is 4.43. The quantitative estimate of drug-likeness (QED) is 0.799. The van der Waals surface area contributed by atoms with Crippen LogP contribution < -0.4 is 11.1 Å². The average molecular weight is 271 g/mol. The number of halogens is 1. The van der Waals surface area contributed by atoms with Crippen molar-refractivity contribution in [2.45, 2.75) is 33.2 Å². The molecule has 0 aliphatic rings. The molecule has 1 aromatic rings. The maximum Gasteiger partial charge on any atom is 0.107 e. The van der Waals surface area contributed by atoms with Gasteiger partial charge in [0, 0.05) is 11.7 Å². The predicted molar refractivity (Wildman–Crippen MR) is 79.9 cm³/mol. The third-order valence-electron chi connectivity index (χ3n) is 2.85. The van der Waals surface area contributed by atoms with E-state index in [1.807, 2.05) is 12.1 Å². The lowest BCUT2D eigenvalue weighted by atomic mass is 10.0. The molecule has 4 heteroatoms. The summed E-state index contributed by atoms with van der Waals surface area (Å²) < 4.78 is 0. The minimum absolute atomic E-state index is 0.330. The van der Waals surface area contributed by atoms with Gasteiger partial charge in [-0.2, -0.15) is 0 Å². The second-order valence-corrected chi connectivity index (χ2v) is 5.28. The fourth-order valence-electron chi connectivity index (χ4n) is 1.83. The van der Waals surface area contributed by atoms with Crippen LogP contribution in [0.15, 0.2) is 18.2 Å². The molecule has 1 unspecified atom stereocenters. The van der Waals surface area contributed by atoms with Crippen LogP contribution >= 0.6 is 23.8 Å². The highest BCUT2D eigenvalue weighted by atomic mass is 35.5. The highest BCUT2D eigenvalue weighted by Gasteiger charge is 2.15. The zero-order valence-electron chi connectivity index (χ0n) is 10.5. The number of hydrogen-bond acceptors (Lipinski definition) is 2. The molecule has 0 bridgehead atoms. The van der Waals surface area contributed by atoms with Crippen LogP contribution in [0.1, 0.15) is 32.8 Å². The van der Waals surface area contributed by atoms with E-state index in [2.05, 4.69) is 26.1 Å². The molecule has 3 N–H and O–H groups in total. The van der Waals surface area contributed by atoms with Gasteiger partial charge in [0.15, 0.2) is 0 Å².